The van der Waals surface area contributed by atoms with Gasteiger partial charge in [0.25, 0.3) is 5.91 Å². The first-order valence-electron chi connectivity index (χ1n) is 10.2. The van der Waals surface area contributed by atoms with Crippen LogP contribution in [0.4, 0.5) is 5.69 Å². The normalized spacial score (nSPS) is 20.6. The van der Waals surface area contributed by atoms with Crippen LogP contribution in [0.5, 0.6) is 0 Å². The Hall–Kier alpha value is -3.08. The third-order valence-corrected chi connectivity index (χ3v) is 6.32. The molecule has 148 valence electrons. The third-order valence-electron chi connectivity index (χ3n) is 6.32. The van der Waals surface area contributed by atoms with E-state index in [4.69, 9.17) is 0 Å². The number of amides is 2. The molecule has 0 bridgehead atoms. The van der Waals surface area contributed by atoms with Crippen LogP contribution in [0.1, 0.15) is 37.1 Å². The number of aromatic amines is 1. The van der Waals surface area contributed by atoms with E-state index in [0.717, 1.165) is 39.8 Å². The van der Waals surface area contributed by atoms with Crippen molar-refractivity contribution in [2.75, 3.05) is 18.5 Å². The molecular formula is C24H25N3O2. The second-order valence-electron chi connectivity index (χ2n) is 8.51. The highest BCUT2D eigenvalue weighted by molar-refractivity contribution is 6.12. The number of para-hydroxylation sites is 2. The molecule has 3 aromatic rings. The molecule has 2 aliphatic heterocycles. The standard InChI is InChI=1S/C24H25N3O2/c1-15(2)14-21(28)27-13-12-17-16-8-4-6-10-19(16)25-22(17)24(27)18-9-5-7-11-20(18)26(3)23(24)29/h4-11,15,25H,12-14H2,1-3H3/t24-/m0/s1. The number of fused-ring (bicyclic) bond motifs is 6. The molecule has 1 atom stereocenters. The Morgan fingerprint density at radius 1 is 1.14 bits per heavy atom. The van der Waals surface area contributed by atoms with Gasteiger partial charge in [-0.25, -0.2) is 0 Å². The number of nitrogens with one attached hydrogen (secondary N) is 1. The van der Waals surface area contributed by atoms with Crippen molar-refractivity contribution in [1.82, 2.24) is 9.88 Å². The Morgan fingerprint density at radius 3 is 2.66 bits per heavy atom. The monoisotopic (exact) mass is 387 g/mol. The van der Waals surface area contributed by atoms with Crippen LogP contribution < -0.4 is 4.90 Å². The second-order valence-corrected chi connectivity index (χ2v) is 8.51. The third kappa shape index (κ3) is 2.27. The van der Waals surface area contributed by atoms with Crippen LogP contribution in [0.25, 0.3) is 10.9 Å². The molecule has 1 aromatic heterocycles. The molecule has 3 heterocycles. The number of benzene rings is 2. The number of rotatable bonds is 2. The lowest BCUT2D eigenvalue weighted by Crippen LogP contribution is -2.59. The first-order chi connectivity index (χ1) is 14.0. The first-order valence-corrected chi connectivity index (χ1v) is 10.2. The molecule has 5 rings (SSSR count). The van der Waals surface area contributed by atoms with Gasteiger partial charge >= 0.3 is 0 Å². The predicted molar refractivity (Wildman–Crippen MR) is 114 cm³/mol. The van der Waals surface area contributed by atoms with Gasteiger partial charge in [0.1, 0.15) is 0 Å². The van der Waals surface area contributed by atoms with E-state index in [2.05, 4.69) is 11.1 Å². The summed E-state index contributed by atoms with van der Waals surface area (Å²) in [6.07, 6.45) is 1.17. The number of carbonyl (C=O) groups is 2. The van der Waals surface area contributed by atoms with Gasteiger partial charge in [0.05, 0.1) is 5.69 Å². The highest BCUT2D eigenvalue weighted by Crippen LogP contribution is 2.51. The quantitative estimate of drug-likeness (QED) is 0.727. The molecule has 2 aromatic carbocycles. The summed E-state index contributed by atoms with van der Waals surface area (Å²) in [7, 11) is 1.80. The molecule has 2 amide bonds. The van der Waals surface area contributed by atoms with Crippen LogP contribution in [0.3, 0.4) is 0 Å². The van der Waals surface area contributed by atoms with Crippen LogP contribution in [0.2, 0.25) is 0 Å². The minimum Gasteiger partial charge on any atom is -0.355 e. The lowest BCUT2D eigenvalue weighted by molar-refractivity contribution is -0.145. The fraction of sp³-hybridized carbons (Fsp3) is 0.333. The van der Waals surface area contributed by atoms with Gasteiger partial charge in [0, 0.05) is 42.2 Å². The van der Waals surface area contributed by atoms with Crippen LogP contribution in [-0.4, -0.2) is 35.3 Å². The van der Waals surface area contributed by atoms with Gasteiger partial charge in [-0.3, -0.25) is 9.59 Å². The van der Waals surface area contributed by atoms with Crippen molar-refractivity contribution >= 4 is 28.4 Å². The smallest absolute Gasteiger partial charge is 0.263 e. The summed E-state index contributed by atoms with van der Waals surface area (Å²) in [6, 6.07) is 16.0. The molecule has 0 fully saturated rings. The van der Waals surface area contributed by atoms with Crippen LogP contribution in [-0.2, 0) is 21.5 Å². The molecular weight excluding hydrogens is 362 g/mol. The number of hydrogen-bond donors (Lipinski definition) is 1. The summed E-state index contributed by atoms with van der Waals surface area (Å²) >= 11 is 0. The molecule has 0 saturated carbocycles. The van der Waals surface area contributed by atoms with E-state index in [9.17, 15) is 9.59 Å². The van der Waals surface area contributed by atoms with Gasteiger partial charge in [-0.2, -0.15) is 0 Å². The van der Waals surface area contributed by atoms with E-state index in [0.29, 0.717) is 13.0 Å². The highest BCUT2D eigenvalue weighted by Gasteiger charge is 2.59. The van der Waals surface area contributed by atoms with Gasteiger partial charge < -0.3 is 14.8 Å². The molecule has 0 radical (unpaired) electrons. The van der Waals surface area contributed by atoms with Crippen LogP contribution in [0.15, 0.2) is 48.5 Å². The lowest BCUT2D eigenvalue weighted by Gasteiger charge is -2.43. The van der Waals surface area contributed by atoms with Crippen molar-refractivity contribution < 1.29 is 9.59 Å². The maximum Gasteiger partial charge on any atom is 0.263 e. The molecule has 29 heavy (non-hydrogen) atoms. The molecule has 1 spiro atoms. The van der Waals surface area contributed by atoms with E-state index in [-0.39, 0.29) is 17.7 Å². The zero-order chi connectivity index (χ0) is 20.3. The van der Waals surface area contributed by atoms with Gasteiger partial charge in [0.2, 0.25) is 5.91 Å². The van der Waals surface area contributed by atoms with Crippen molar-refractivity contribution in [1.29, 1.82) is 0 Å². The molecule has 0 aliphatic carbocycles. The topological polar surface area (TPSA) is 56.4 Å². The van der Waals surface area contributed by atoms with Crippen molar-refractivity contribution in [2.24, 2.45) is 5.92 Å². The molecule has 1 N–H and O–H groups in total. The van der Waals surface area contributed by atoms with E-state index in [1.54, 1.807) is 11.9 Å². The Morgan fingerprint density at radius 2 is 1.86 bits per heavy atom. The molecule has 5 heteroatoms. The summed E-state index contributed by atoms with van der Waals surface area (Å²) in [5.74, 6) is 0.194. The second kappa shape index (κ2) is 6.21. The average molecular weight is 387 g/mol. The van der Waals surface area contributed by atoms with Crippen molar-refractivity contribution in [3.05, 3.63) is 65.4 Å². The largest absolute Gasteiger partial charge is 0.355 e. The van der Waals surface area contributed by atoms with Gasteiger partial charge in [-0.05, 0) is 30.0 Å². The number of nitrogens with zero attached hydrogens (tertiary/aromatic N) is 2. The maximum atomic E-state index is 13.9. The Bertz CT molecular complexity index is 1150. The van der Waals surface area contributed by atoms with Crippen LogP contribution >= 0.6 is 0 Å². The minimum atomic E-state index is -1.12. The van der Waals surface area contributed by atoms with E-state index >= 15 is 0 Å². The van der Waals surface area contributed by atoms with Gasteiger partial charge in [-0.15, -0.1) is 0 Å². The summed E-state index contributed by atoms with van der Waals surface area (Å²) < 4.78 is 0. The highest BCUT2D eigenvalue weighted by atomic mass is 16.2. The summed E-state index contributed by atoms with van der Waals surface area (Å²) in [5, 5.41) is 1.14. The fourth-order valence-electron chi connectivity index (χ4n) is 5.11. The Balaban J connectivity index is 1.84. The minimum absolute atomic E-state index is 0.0303. The zero-order valence-corrected chi connectivity index (χ0v) is 17.0. The van der Waals surface area contributed by atoms with Crippen LogP contribution in [0, 0.1) is 5.92 Å². The van der Waals surface area contributed by atoms with Crippen molar-refractivity contribution in [3.63, 3.8) is 0 Å². The first kappa shape index (κ1) is 18.0. The number of carbonyl (C=O) groups excluding carboxylic acids is 2. The number of hydrogen-bond acceptors (Lipinski definition) is 2. The number of H-pyrrole nitrogens is 1. The van der Waals surface area contributed by atoms with E-state index in [1.807, 2.05) is 61.2 Å². The van der Waals surface area contributed by atoms with Gasteiger partial charge in [-0.1, -0.05) is 50.2 Å². The number of aromatic nitrogens is 1. The SMILES string of the molecule is CC(C)CC(=O)N1CCc2c([nH]c3ccccc23)[C@@]12C(=O)N(C)c1ccccc12. The molecule has 2 aliphatic rings. The van der Waals surface area contributed by atoms with E-state index in [1.165, 1.54) is 0 Å². The Labute approximate surface area is 170 Å². The summed E-state index contributed by atoms with van der Waals surface area (Å²) in [4.78, 5) is 34.4. The maximum absolute atomic E-state index is 13.9. The number of likely N-dealkylation sites (N-methyl/N-ethyl adjacent to an activating group) is 1. The predicted octanol–water partition coefficient (Wildman–Crippen LogP) is 3.82. The lowest BCUT2D eigenvalue weighted by atomic mass is 9.79. The van der Waals surface area contributed by atoms with Gasteiger partial charge in [0.15, 0.2) is 5.54 Å². The Kier molecular flexibility index (Phi) is 3.85. The fourth-order valence-corrected chi connectivity index (χ4v) is 5.11. The summed E-state index contributed by atoms with van der Waals surface area (Å²) in [5.41, 5.74) is 3.64. The van der Waals surface area contributed by atoms with Crippen molar-refractivity contribution in [3.8, 4) is 0 Å². The molecule has 0 saturated heterocycles. The van der Waals surface area contributed by atoms with Crippen molar-refractivity contribution in [2.45, 2.75) is 32.2 Å². The molecule has 0 unspecified atom stereocenters. The summed E-state index contributed by atoms with van der Waals surface area (Å²) in [6.45, 7) is 4.62. The van der Waals surface area contributed by atoms with E-state index < -0.39 is 5.54 Å². The zero-order valence-electron chi connectivity index (χ0n) is 17.0. The molecule has 5 nitrogen and oxygen atoms in total. The number of anilines is 1. The average Bonchev–Trinajstić information content (AvgIpc) is 3.19.